The van der Waals surface area contributed by atoms with E-state index >= 15 is 0 Å². The molecule has 0 fully saturated rings. The Balaban J connectivity index is 3.01. The summed E-state index contributed by atoms with van der Waals surface area (Å²) in [6.45, 7) is 1.87. The van der Waals surface area contributed by atoms with Crippen LogP contribution in [0.3, 0.4) is 0 Å². The first-order valence-corrected chi connectivity index (χ1v) is 5.39. The fourth-order valence-electron chi connectivity index (χ4n) is 1.35. The van der Waals surface area contributed by atoms with Crippen LogP contribution in [0.4, 0.5) is 0 Å². The Labute approximate surface area is 97.0 Å². The van der Waals surface area contributed by atoms with Crippen LogP contribution in [-0.2, 0) is 11.2 Å². The molecule has 3 nitrogen and oxygen atoms in total. The Hall–Kier alpha value is -1.34. The maximum absolute atomic E-state index is 10.9. The van der Waals surface area contributed by atoms with Crippen molar-refractivity contribution in [1.29, 1.82) is 5.26 Å². The quantitative estimate of drug-likeness (QED) is 0.846. The van der Waals surface area contributed by atoms with Gasteiger partial charge in [0.15, 0.2) is 0 Å². The van der Waals surface area contributed by atoms with Gasteiger partial charge in [0.1, 0.15) is 0 Å². The average Bonchev–Trinajstić information content (AvgIpc) is 2.18. The molecular weight excluding hydrogens is 256 g/mol. The summed E-state index contributed by atoms with van der Waals surface area (Å²) >= 11 is 3.18. The maximum atomic E-state index is 10.9. The van der Waals surface area contributed by atoms with E-state index in [1.807, 2.05) is 25.1 Å². The lowest BCUT2D eigenvalue weighted by molar-refractivity contribution is -0.117. The fourth-order valence-corrected chi connectivity index (χ4v) is 1.70. The highest BCUT2D eigenvalue weighted by Gasteiger charge is 2.14. The van der Waals surface area contributed by atoms with Gasteiger partial charge in [0.2, 0.25) is 5.91 Å². The van der Waals surface area contributed by atoms with Gasteiger partial charge in [0.05, 0.1) is 16.5 Å². The Morgan fingerprint density at radius 2 is 2.33 bits per heavy atom. The predicted molar refractivity (Wildman–Crippen MR) is 61.5 cm³/mol. The summed E-state index contributed by atoms with van der Waals surface area (Å²) in [5.41, 5.74) is 7.53. The van der Waals surface area contributed by atoms with E-state index < -0.39 is 10.7 Å². The van der Waals surface area contributed by atoms with Crippen LogP contribution in [0.25, 0.3) is 0 Å². The third kappa shape index (κ3) is 2.80. The largest absolute Gasteiger partial charge is 0.369 e. The van der Waals surface area contributed by atoms with Crippen LogP contribution in [0.1, 0.15) is 16.7 Å². The minimum absolute atomic E-state index is 0.416. The highest BCUT2D eigenvalue weighted by Crippen LogP contribution is 2.17. The minimum atomic E-state index is -0.425. The second-order valence-electron chi connectivity index (χ2n) is 3.29. The van der Waals surface area contributed by atoms with Crippen molar-refractivity contribution in [2.24, 2.45) is 5.73 Å². The van der Waals surface area contributed by atoms with Gasteiger partial charge in [-0.25, -0.2) is 0 Å². The molecule has 0 bridgehead atoms. The number of aryl methyl sites for hydroxylation is 1. The molecular formula is C11H11BrN2O. The minimum Gasteiger partial charge on any atom is -0.369 e. The van der Waals surface area contributed by atoms with Crippen LogP contribution < -0.4 is 5.73 Å². The molecule has 2 N–H and O–H groups in total. The van der Waals surface area contributed by atoms with Gasteiger partial charge in [-0.1, -0.05) is 34.1 Å². The van der Waals surface area contributed by atoms with E-state index in [9.17, 15) is 4.79 Å². The fraction of sp³-hybridized carbons (Fsp3) is 0.273. The number of hydrogen-bond acceptors (Lipinski definition) is 2. The lowest BCUT2D eigenvalue weighted by atomic mass is 9.99. The van der Waals surface area contributed by atoms with Crippen LogP contribution in [0.5, 0.6) is 0 Å². The molecule has 1 unspecified atom stereocenters. The summed E-state index contributed by atoms with van der Waals surface area (Å²) < 4.78 is 0. The molecule has 1 aromatic carbocycles. The van der Waals surface area contributed by atoms with E-state index in [1.165, 1.54) is 0 Å². The van der Waals surface area contributed by atoms with E-state index in [0.717, 1.165) is 11.1 Å². The number of halogens is 1. The number of rotatable bonds is 3. The average molecular weight is 267 g/mol. The molecule has 78 valence electrons. The van der Waals surface area contributed by atoms with Crippen LogP contribution >= 0.6 is 15.9 Å². The van der Waals surface area contributed by atoms with Gasteiger partial charge in [0, 0.05) is 0 Å². The van der Waals surface area contributed by atoms with E-state index in [2.05, 4.69) is 22.0 Å². The molecule has 0 saturated carbocycles. The van der Waals surface area contributed by atoms with Crippen LogP contribution in [0, 0.1) is 18.3 Å². The highest BCUT2D eigenvalue weighted by atomic mass is 79.9. The Morgan fingerprint density at radius 3 is 2.87 bits per heavy atom. The van der Waals surface area contributed by atoms with Crippen LogP contribution in [0.15, 0.2) is 18.2 Å². The molecule has 0 radical (unpaired) electrons. The van der Waals surface area contributed by atoms with E-state index in [0.29, 0.717) is 12.0 Å². The molecule has 1 rings (SSSR count). The lowest BCUT2D eigenvalue weighted by Gasteiger charge is -2.08. The summed E-state index contributed by atoms with van der Waals surface area (Å²) in [7, 11) is 0. The van der Waals surface area contributed by atoms with Crippen molar-refractivity contribution < 1.29 is 4.79 Å². The molecule has 0 aliphatic rings. The van der Waals surface area contributed by atoms with E-state index in [-0.39, 0.29) is 0 Å². The molecule has 0 aromatic heterocycles. The zero-order valence-corrected chi connectivity index (χ0v) is 9.91. The SMILES string of the molecule is Cc1cccc(CC(Br)C(N)=O)c1C#N. The third-order valence-corrected chi connectivity index (χ3v) is 2.95. The summed E-state index contributed by atoms with van der Waals surface area (Å²) in [4.78, 5) is 10.5. The first-order valence-electron chi connectivity index (χ1n) is 4.48. The van der Waals surface area contributed by atoms with Crippen LogP contribution in [-0.4, -0.2) is 10.7 Å². The van der Waals surface area contributed by atoms with Gasteiger partial charge in [-0.3, -0.25) is 4.79 Å². The molecule has 0 aliphatic heterocycles. The molecule has 0 aliphatic carbocycles. The second kappa shape index (κ2) is 4.94. The number of nitriles is 1. The normalized spacial score (nSPS) is 11.8. The summed E-state index contributed by atoms with van der Waals surface area (Å²) in [5, 5.41) is 8.97. The number of nitrogens with zero attached hydrogens (tertiary/aromatic N) is 1. The number of hydrogen-bond donors (Lipinski definition) is 1. The summed E-state index contributed by atoms with van der Waals surface area (Å²) in [5.74, 6) is -0.416. The molecule has 4 heteroatoms. The van der Waals surface area contributed by atoms with Crippen molar-refractivity contribution in [3.05, 3.63) is 34.9 Å². The molecule has 1 atom stereocenters. The Morgan fingerprint density at radius 1 is 1.67 bits per heavy atom. The van der Waals surface area contributed by atoms with Crippen molar-refractivity contribution in [1.82, 2.24) is 0 Å². The standard InChI is InChI=1S/C11H11BrN2O/c1-7-3-2-4-8(9(7)6-13)5-10(12)11(14)15/h2-4,10H,5H2,1H3,(H2,14,15). The lowest BCUT2D eigenvalue weighted by Crippen LogP contribution is -2.25. The number of amides is 1. The zero-order valence-electron chi connectivity index (χ0n) is 8.33. The predicted octanol–water partition coefficient (Wildman–Crippen LogP) is 1.66. The summed E-state index contributed by atoms with van der Waals surface area (Å²) in [6, 6.07) is 7.71. The van der Waals surface area contributed by atoms with Crippen molar-refractivity contribution in [3.63, 3.8) is 0 Å². The van der Waals surface area contributed by atoms with Gasteiger partial charge in [-0.2, -0.15) is 5.26 Å². The van der Waals surface area contributed by atoms with Crippen molar-refractivity contribution in [2.45, 2.75) is 18.2 Å². The topological polar surface area (TPSA) is 66.9 Å². The maximum Gasteiger partial charge on any atom is 0.231 e. The number of primary amides is 1. The van der Waals surface area contributed by atoms with Crippen LogP contribution in [0.2, 0.25) is 0 Å². The van der Waals surface area contributed by atoms with Gasteiger partial charge >= 0.3 is 0 Å². The number of nitrogens with two attached hydrogens (primary N) is 1. The Bertz CT molecular complexity index is 423. The molecule has 0 spiro atoms. The number of alkyl halides is 1. The van der Waals surface area contributed by atoms with E-state index in [1.54, 1.807) is 0 Å². The molecule has 0 saturated heterocycles. The van der Waals surface area contributed by atoms with Crippen molar-refractivity contribution >= 4 is 21.8 Å². The number of benzene rings is 1. The monoisotopic (exact) mass is 266 g/mol. The Kier molecular flexibility index (Phi) is 3.87. The van der Waals surface area contributed by atoms with Gasteiger partial charge in [0.25, 0.3) is 0 Å². The molecule has 1 aromatic rings. The molecule has 0 heterocycles. The van der Waals surface area contributed by atoms with Crippen molar-refractivity contribution in [3.8, 4) is 6.07 Å². The smallest absolute Gasteiger partial charge is 0.231 e. The first-order chi connectivity index (χ1) is 7.06. The van der Waals surface area contributed by atoms with Gasteiger partial charge in [-0.05, 0) is 24.5 Å². The molecule has 15 heavy (non-hydrogen) atoms. The first kappa shape index (κ1) is 11.7. The van der Waals surface area contributed by atoms with Gasteiger partial charge < -0.3 is 5.73 Å². The van der Waals surface area contributed by atoms with E-state index in [4.69, 9.17) is 11.0 Å². The number of carbonyl (C=O) groups is 1. The van der Waals surface area contributed by atoms with Crippen molar-refractivity contribution in [2.75, 3.05) is 0 Å². The van der Waals surface area contributed by atoms with Gasteiger partial charge in [-0.15, -0.1) is 0 Å². The zero-order chi connectivity index (χ0) is 11.4. The summed E-state index contributed by atoms with van der Waals surface area (Å²) in [6.07, 6.45) is 0.444. The number of carbonyl (C=O) groups excluding carboxylic acids is 1. The third-order valence-electron chi connectivity index (χ3n) is 2.18. The molecule has 1 amide bonds. The highest BCUT2D eigenvalue weighted by molar-refractivity contribution is 9.10. The second-order valence-corrected chi connectivity index (χ2v) is 4.40.